The normalized spacial score (nSPS) is 13.4. The molecule has 1 heterocycles. The first-order valence-electron chi connectivity index (χ1n) is 5.83. The molecule has 102 valence electrons. The molecule has 0 fully saturated rings. The van der Waals surface area contributed by atoms with Crippen molar-refractivity contribution in [3.8, 4) is 0 Å². The summed E-state index contributed by atoms with van der Waals surface area (Å²) in [6, 6.07) is 10.4. The molecule has 1 aromatic carbocycles. The van der Waals surface area contributed by atoms with Crippen molar-refractivity contribution in [2.45, 2.75) is 19.3 Å². The van der Waals surface area contributed by atoms with Gasteiger partial charge in [0.2, 0.25) is 0 Å². The molecule has 1 aliphatic carbocycles. The van der Waals surface area contributed by atoms with Crippen LogP contribution in [-0.2, 0) is 12.8 Å². The van der Waals surface area contributed by atoms with Crippen LogP contribution in [0.2, 0.25) is 0 Å². The third-order valence-corrected chi connectivity index (χ3v) is 4.00. The Bertz CT molecular complexity index is 565. The first kappa shape index (κ1) is 16.0. The summed E-state index contributed by atoms with van der Waals surface area (Å²) in [7, 11) is 0. The van der Waals surface area contributed by atoms with Crippen LogP contribution in [0.15, 0.2) is 40.7 Å². The van der Waals surface area contributed by atoms with Gasteiger partial charge in [0.15, 0.2) is 0 Å². The molecular formula is C14H16Cl2N2S. The molecule has 0 amide bonds. The monoisotopic (exact) mass is 314 g/mol. The van der Waals surface area contributed by atoms with E-state index in [1.54, 1.807) is 11.3 Å². The van der Waals surface area contributed by atoms with Gasteiger partial charge in [-0.25, -0.2) is 4.99 Å². The molecule has 0 unspecified atom stereocenters. The summed E-state index contributed by atoms with van der Waals surface area (Å²) in [4.78, 5) is 5.52. The zero-order valence-electron chi connectivity index (χ0n) is 10.3. The highest BCUT2D eigenvalue weighted by Crippen LogP contribution is 2.26. The van der Waals surface area contributed by atoms with Crippen molar-refractivity contribution in [2.75, 3.05) is 0 Å². The number of thiophene rings is 1. The number of benzene rings is 1. The van der Waals surface area contributed by atoms with Gasteiger partial charge in [-0.05, 0) is 54.0 Å². The largest absolute Gasteiger partial charge is 0.383 e. The zero-order valence-corrected chi connectivity index (χ0v) is 12.8. The first-order valence-corrected chi connectivity index (χ1v) is 6.71. The van der Waals surface area contributed by atoms with Gasteiger partial charge in [-0.2, -0.15) is 0 Å². The quantitative estimate of drug-likeness (QED) is 0.657. The van der Waals surface area contributed by atoms with E-state index in [9.17, 15) is 0 Å². The highest BCUT2D eigenvalue weighted by molar-refractivity contribution is 7.12. The molecule has 19 heavy (non-hydrogen) atoms. The molecule has 3 rings (SSSR count). The molecule has 2 nitrogen and oxygen atoms in total. The molecule has 2 N–H and O–H groups in total. The summed E-state index contributed by atoms with van der Waals surface area (Å²) in [5.41, 5.74) is 9.85. The third kappa shape index (κ3) is 3.50. The van der Waals surface area contributed by atoms with E-state index in [2.05, 4.69) is 23.2 Å². The Balaban J connectivity index is 0.000000902. The van der Waals surface area contributed by atoms with Gasteiger partial charge in [0, 0.05) is 0 Å². The van der Waals surface area contributed by atoms with Crippen molar-refractivity contribution in [1.82, 2.24) is 0 Å². The van der Waals surface area contributed by atoms with Crippen molar-refractivity contribution < 1.29 is 0 Å². The van der Waals surface area contributed by atoms with Crippen molar-refractivity contribution in [3.63, 3.8) is 0 Å². The highest BCUT2D eigenvalue weighted by Gasteiger charge is 2.10. The summed E-state index contributed by atoms with van der Waals surface area (Å²) in [6.45, 7) is 0. The van der Waals surface area contributed by atoms with Gasteiger partial charge in [-0.15, -0.1) is 36.2 Å². The summed E-state index contributed by atoms with van der Waals surface area (Å²) >= 11 is 1.62. The lowest BCUT2D eigenvalue weighted by Crippen LogP contribution is -2.10. The number of aliphatic imine (C=N–C) groups is 1. The van der Waals surface area contributed by atoms with Crippen LogP contribution in [-0.4, -0.2) is 5.84 Å². The number of halogens is 2. The second kappa shape index (κ2) is 6.94. The second-order valence-electron chi connectivity index (χ2n) is 4.28. The number of hydrogen-bond acceptors (Lipinski definition) is 2. The molecule has 5 heteroatoms. The minimum absolute atomic E-state index is 0. The smallest absolute Gasteiger partial charge is 0.141 e. The maximum atomic E-state index is 5.98. The van der Waals surface area contributed by atoms with E-state index in [4.69, 9.17) is 5.73 Å². The average molecular weight is 315 g/mol. The SMILES string of the molecule is Cl.Cl.NC(=Nc1ccc2c(c1)CCC2)c1cccs1. The topological polar surface area (TPSA) is 38.4 Å². The minimum atomic E-state index is 0. The van der Waals surface area contributed by atoms with E-state index < -0.39 is 0 Å². The molecule has 0 radical (unpaired) electrons. The third-order valence-electron chi connectivity index (χ3n) is 3.11. The highest BCUT2D eigenvalue weighted by atomic mass is 35.5. The molecule has 0 saturated carbocycles. The Morgan fingerprint density at radius 3 is 2.63 bits per heavy atom. The van der Waals surface area contributed by atoms with Crippen LogP contribution < -0.4 is 5.73 Å². The van der Waals surface area contributed by atoms with Crippen LogP contribution in [0.5, 0.6) is 0 Å². The number of amidine groups is 1. The fourth-order valence-electron chi connectivity index (χ4n) is 2.25. The molecule has 2 aromatic rings. The number of fused-ring (bicyclic) bond motifs is 1. The fraction of sp³-hybridized carbons (Fsp3) is 0.214. The summed E-state index contributed by atoms with van der Waals surface area (Å²) in [6.07, 6.45) is 3.65. The van der Waals surface area contributed by atoms with Gasteiger partial charge in [-0.1, -0.05) is 12.1 Å². The first-order chi connectivity index (χ1) is 8.33. The average Bonchev–Trinajstić information content (AvgIpc) is 2.99. The van der Waals surface area contributed by atoms with Crippen LogP contribution in [0.1, 0.15) is 22.4 Å². The van der Waals surface area contributed by atoms with E-state index in [-0.39, 0.29) is 24.8 Å². The lowest BCUT2D eigenvalue weighted by Gasteiger charge is -2.01. The molecule has 0 saturated heterocycles. The van der Waals surface area contributed by atoms with Gasteiger partial charge >= 0.3 is 0 Å². The predicted octanol–water partition coefficient (Wildman–Crippen LogP) is 4.12. The number of rotatable bonds is 2. The molecular weight excluding hydrogens is 299 g/mol. The van der Waals surface area contributed by atoms with E-state index in [0.29, 0.717) is 5.84 Å². The maximum Gasteiger partial charge on any atom is 0.141 e. The number of nitrogens with zero attached hydrogens (tertiary/aromatic N) is 1. The van der Waals surface area contributed by atoms with Gasteiger partial charge in [0.1, 0.15) is 5.84 Å². The summed E-state index contributed by atoms with van der Waals surface area (Å²) in [5, 5.41) is 2.01. The lowest BCUT2D eigenvalue weighted by atomic mass is 10.1. The molecule has 0 bridgehead atoms. The van der Waals surface area contributed by atoms with Crippen molar-refractivity contribution >= 4 is 47.7 Å². The number of aryl methyl sites for hydroxylation is 2. The van der Waals surface area contributed by atoms with Crippen molar-refractivity contribution in [3.05, 3.63) is 51.7 Å². The van der Waals surface area contributed by atoms with E-state index in [1.165, 1.54) is 30.4 Å². The van der Waals surface area contributed by atoms with Crippen molar-refractivity contribution in [1.29, 1.82) is 0 Å². The Labute approximate surface area is 129 Å². The van der Waals surface area contributed by atoms with E-state index in [1.807, 2.05) is 17.5 Å². The van der Waals surface area contributed by atoms with Crippen LogP contribution in [0, 0.1) is 0 Å². The second-order valence-corrected chi connectivity index (χ2v) is 5.23. The van der Waals surface area contributed by atoms with Crippen LogP contribution >= 0.6 is 36.2 Å². The molecule has 1 aromatic heterocycles. The standard InChI is InChI=1S/C14H14N2S.2ClH/c15-14(13-5-2-8-17-13)16-12-7-6-10-3-1-4-11(10)9-12;;/h2,5-9H,1,3-4H2,(H2,15,16);2*1H. The Hall–Kier alpha value is -1.03. The van der Waals surface area contributed by atoms with E-state index >= 15 is 0 Å². The lowest BCUT2D eigenvalue weighted by molar-refractivity contribution is 0.912. The Kier molecular flexibility index (Phi) is 5.85. The van der Waals surface area contributed by atoms with Gasteiger partial charge < -0.3 is 5.73 Å². The fourth-order valence-corrected chi connectivity index (χ4v) is 2.87. The van der Waals surface area contributed by atoms with Crippen LogP contribution in [0.3, 0.4) is 0 Å². The van der Waals surface area contributed by atoms with E-state index in [0.717, 1.165) is 10.6 Å². The van der Waals surface area contributed by atoms with Gasteiger partial charge in [0.05, 0.1) is 10.6 Å². The number of nitrogens with two attached hydrogens (primary N) is 1. The molecule has 0 atom stereocenters. The molecule has 0 spiro atoms. The Morgan fingerprint density at radius 2 is 1.89 bits per heavy atom. The van der Waals surface area contributed by atoms with Crippen LogP contribution in [0.4, 0.5) is 5.69 Å². The molecule has 1 aliphatic rings. The van der Waals surface area contributed by atoms with Crippen LogP contribution in [0.25, 0.3) is 0 Å². The van der Waals surface area contributed by atoms with Crippen molar-refractivity contribution in [2.24, 2.45) is 10.7 Å². The van der Waals surface area contributed by atoms with Gasteiger partial charge in [0.25, 0.3) is 0 Å². The Morgan fingerprint density at radius 1 is 1.11 bits per heavy atom. The number of hydrogen-bond donors (Lipinski definition) is 1. The molecule has 0 aliphatic heterocycles. The summed E-state index contributed by atoms with van der Waals surface area (Å²) in [5.74, 6) is 0.609. The predicted molar refractivity (Wildman–Crippen MR) is 87.7 cm³/mol. The summed E-state index contributed by atoms with van der Waals surface area (Å²) < 4.78 is 0. The zero-order chi connectivity index (χ0) is 11.7. The van der Waals surface area contributed by atoms with Gasteiger partial charge in [-0.3, -0.25) is 0 Å². The maximum absolute atomic E-state index is 5.98. The minimum Gasteiger partial charge on any atom is -0.383 e.